The Labute approximate surface area is 139 Å². The summed E-state index contributed by atoms with van der Waals surface area (Å²) in [6.45, 7) is 0.814. The SMILES string of the molecule is NCCNC(=O)Cc1ccccc1NC(=O)c1cccc(Cl)c1. The van der Waals surface area contributed by atoms with Gasteiger partial charge in [-0.05, 0) is 29.8 Å². The van der Waals surface area contributed by atoms with Crippen LogP contribution in [0.15, 0.2) is 48.5 Å². The van der Waals surface area contributed by atoms with Gasteiger partial charge >= 0.3 is 0 Å². The predicted molar refractivity (Wildman–Crippen MR) is 91.6 cm³/mol. The van der Waals surface area contributed by atoms with E-state index in [-0.39, 0.29) is 18.2 Å². The molecule has 2 rings (SSSR count). The first-order valence-corrected chi connectivity index (χ1v) is 7.59. The molecule has 0 aliphatic heterocycles. The Morgan fingerprint density at radius 3 is 2.61 bits per heavy atom. The average molecular weight is 332 g/mol. The number of rotatable bonds is 6. The summed E-state index contributed by atoms with van der Waals surface area (Å²) in [5.74, 6) is -0.415. The number of carbonyl (C=O) groups is 2. The maximum absolute atomic E-state index is 12.3. The number of hydrogen-bond donors (Lipinski definition) is 3. The van der Waals surface area contributed by atoms with Crippen molar-refractivity contribution in [2.75, 3.05) is 18.4 Å². The zero-order valence-corrected chi connectivity index (χ0v) is 13.3. The fourth-order valence-corrected chi connectivity index (χ4v) is 2.26. The lowest BCUT2D eigenvalue weighted by Gasteiger charge is -2.11. The first-order chi connectivity index (χ1) is 11.1. The molecule has 2 aromatic rings. The van der Waals surface area contributed by atoms with E-state index in [4.69, 9.17) is 17.3 Å². The van der Waals surface area contributed by atoms with E-state index in [9.17, 15) is 9.59 Å². The molecule has 0 saturated carbocycles. The summed E-state index contributed by atoms with van der Waals surface area (Å²) in [5, 5.41) is 6.01. The number of para-hydroxylation sites is 1. The summed E-state index contributed by atoms with van der Waals surface area (Å²) in [5.41, 5.74) is 7.15. The molecule has 2 amide bonds. The fourth-order valence-electron chi connectivity index (χ4n) is 2.07. The van der Waals surface area contributed by atoms with Crippen LogP contribution in [0.4, 0.5) is 5.69 Å². The molecule has 0 bridgehead atoms. The van der Waals surface area contributed by atoms with Crippen molar-refractivity contribution in [1.29, 1.82) is 0 Å². The van der Waals surface area contributed by atoms with Gasteiger partial charge in [0.2, 0.25) is 5.91 Å². The molecule has 2 aromatic carbocycles. The molecule has 0 aliphatic rings. The molecule has 6 heteroatoms. The molecule has 5 nitrogen and oxygen atoms in total. The van der Waals surface area contributed by atoms with Crippen molar-refractivity contribution in [3.05, 3.63) is 64.7 Å². The van der Waals surface area contributed by atoms with E-state index < -0.39 is 0 Å². The normalized spacial score (nSPS) is 10.2. The van der Waals surface area contributed by atoms with Crippen LogP contribution in [0.25, 0.3) is 0 Å². The number of carbonyl (C=O) groups excluding carboxylic acids is 2. The van der Waals surface area contributed by atoms with Crippen LogP contribution in [-0.4, -0.2) is 24.9 Å². The topological polar surface area (TPSA) is 84.2 Å². The molecule has 0 unspecified atom stereocenters. The summed E-state index contributed by atoms with van der Waals surface area (Å²) < 4.78 is 0. The summed E-state index contributed by atoms with van der Waals surface area (Å²) in [6, 6.07) is 13.9. The first-order valence-electron chi connectivity index (χ1n) is 7.21. The molecule has 0 atom stereocenters. The standard InChI is InChI=1S/C17H18ClN3O2/c18-14-6-3-5-13(10-14)17(23)21-15-7-2-1-4-12(15)11-16(22)20-9-8-19/h1-7,10H,8-9,11,19H2,(H,20,22)(H,21,23). The van der Waals surface area contributed by atoms with Crippen molar-refractivity contribution in [2.24, 2.45) is 5.73 Å². The summed E-state index contributed by atoms with van der Waals surface area (Å²) >= 11 is 5.90. The van der Waals surface area contributed by atoms with Crippen LogP contribution in [0.2, 0.25) is 5.02 Å². The number of nitrogens with two attached hydrogens (primary N) is 1. The number of anilines is 1. The van der Waals surface area contributed by atoms with Crippen molar-refractivity contribution in [3.63, 3.8) is 0 Å². The van der Waals surface area contributed by atoms with Crippen LogP contribution < -0.4 is 16.4 Å². The first kappa shape index (κ1) is 17.0. The largest absolute Gasteiger partial charge is 0.355 e. The zero-order chi connectivity index (χ0) is 16.7. The van der Waals surface area contributed by atoms with Crippen molar-refractivity contribution < 1.29 is 9.59 Å². The van der Waals surface area contributed by atoms with Crippen molar-refractivity contribution in [3.8, 4) is 0 Å². The van der Waals surface area contributed by atoms with E-state index in [0.29, 0.717) is 29.4 Å². The summed E-state index contributed by atoms with van der Waals surface area (Å²) in [7, 11) is 0. The van der Waals surface area contributed by atoms with Gasteiger partial charge < -0.3 is 16.4 Å². The highest BCUT2D eigenvalue weighted by Crippen LogP contribution is 2.18. The Kier molecular flexibility index (Phi) is 6.14. The lowest BCUT2D eigenvalue weighted by Crippen LogP contribution is -2.30. The molecule has 0 saturated heterocycles. The van der Waals surface area contributed by atoms with Gasteiger partial charge in [-0.1, -0.05) is 35.9 Å². The minimum atomic E-state index is -0.276. The van der Waals surface area contributed by atoms with E-state index in [1.807, 2.05) is 6.07 Å². The molecule has 23 heavy (non-hydrogen) atoms. The molecule has 4 N–H and O–H groups in total. The third-order valence-electron chi connectivity index (χ3n) is 3.17. The van der Waals surface area contributed by atoms with E-state index >= 15 is 0 Å². The van der Waals surface area contributed by atoms with Crippen LogP contribution >= 0.6 is 11.6 Å². The van der Waals surface area contributed by atoms with Gasteiger partial charge in [-0.15, -0.1) is 0 Å². The molecular formula is C17H18ClN3O2. The minimum absolute atomic E-state index is 0.139. The number of halogens is 1. The van der Waals surface area contributed by atoms with Crippen LogP contribution in [0.3, 0.4) is 0 Å². The maximum atomic E-state index is 12.3. The Morgan fingerprint density at radius 1 is 1.09 bits per heavy atom. The Hall–Kier alpha value is -2.37. The van der Waals surface area contributed by atoms with Crippen LogP contribution in [-0.2, 0) is 11.2 Å². The van der Waals surface area contributed by atoms with Gasteiger partial charge in [-0.25, -0.2) is 0 Å². The third-order valence-corrected chi connectivity index (χ3v) is 3.40. The van der Waals surface area contributed by atoms with E-state index in [1.54, 1.807) is 42.5 Å². The number of nitrogens with one attached hydrogen (secondary N) is 2. The van der Waals surface area contributed by atoms with Gasteiger partial charge in [-0.2, -0.15) is 0 Å². The monoisotopic (exact) mass is 331 g/mol. The summed E-state index contributed by atoms with van der Waals surface area (Å²) in [4.78, 5) is 24.1. The smallest absolute Gasteiger partial charge is 0.255 e. The molecular weight excluding hydrogens is 314 g/mol. The van der Waals surface area contributed by atoms with E-state index in [2.05, 4.69) is 10.6 Å². The highest BCUT2D eigenvalue weighted by Gasteiger charge is 2.11. The van der Waals surface area contributed by atoms with Crippen molar-refractivity contribution >= 4 is 29.1 Å². The van der Waals surface area contributed by atoms with Crippen LogP contribution in [0, 0.1) is 0 Å². The number of hydrogen-bond acceptors (Lipinski definition) is 3. The van der Waals surface area contributed by atoms with Gasteiger partial charge in [0, 0.05) is 29.4 Å². The fraction of sp³-hybridized carbons (Fsp3) is 0.176. The minimum Gasteiger partial charge on any atom is -0.355 e. The Balaban J connectivity index is 2.11. The molecule has 120 valence electrons. The molecule has 0 aliphatic carbocycles. The highest BCUT2D eigenvalue weighted by atomic mass is 35.5. The molecule has 0 radical (unpaired) electrons. The lowest BCUT2D eigenvalue weighted by atomic mass is 10.1. The second-order valence-electron chi connectivity index (χ2n) is 4.94. The zero-order valence-electron chi connectivity index (χ0n) is 12.5. The van der Waals surface area contributed by atoms with Gasteiger partial charge in [0.25, 0.3) is 5.91 Å². The third kappa shape index (κ3) is 5.09. The van der Waals surface area contributed by atoms with E-state index in [1.165, 1.54) is 0 Å². The number of benzene rings is 2. The van der Waals surface area contributed by atoms with Crippen LogP contribution in [0.1, 0.15) is 15.9 Å². The molecule has 0 heterocycles. The molecule has 0 fully saturated rings. The average Bonchev–Trinajstić information content (AvgIpc) is 2.54. The lowest BCUT2D eigenvalue weighted by molar-refractivity contribution is -0.120. The molecule has 0 aromatic heterocycles. The predicted octanol–water partition coefficient (Wildman–Crippen LogP) is 2.21. The summed E-state index contributed by atoms with van der Waals surface area (Å²) in [6.07, 6.45) is 0.173. The second-order valence-corrected chi connectivity index (χ2v) is 5.37. The highest BCUT2D eigenvalue weighted by molar-refractivity contribution is 6.31. The van der Waals surface area contributed by atoms with Gasteiger partial charge in [0.05, 0.1) is 6.42 Å². The van der Waals surface area contributed by atoms with Gasteiger partial charge in [-0.3, -0.25) is 9.59 Å². The Morgan fingerprint density at radius 2 is 1.87 bits per heavy atom. The van der Waals surface area contributed by atoms with E-state index in [0.717, 1.165) is 5.56 Å². The van der Waals surface area contributed by atoms with Gasteiger partial charge in [0.15, 0.2) is 0 Å². The maximum Gasteiger partial charge on any atom is 0.255 e. The Bertz CT molecular complexity index is 704. The quantitative estimate of drug-likeness (QED) is 0.758. The number of amides is 2. The van der Waals surface area contributed by atoms with Crippen molar-refractivity contribution in [2.45, 2.75) is 6.42 Å². The van der Waals surface area contributed by atoms with Crippen molar-refractivity contribution in [1.82, 2.24) is 5.32 Å². The molecule has 0 spiro atoms. The van der Waals surface area contributed by atoms with Crippen LogP contribution in [0.5, 0.6) is 0 Å². The second kappa shape index (κ2) is 8.31. The van der Waals surface area contributed by atoms with Gasteiger partial charge in [0.1, 0.15) is 0 Å².